The number of carbonyl (C=O) groups excluding carboxylic acids is 2. The molecule has 1 unspecified atom stereocenters. The number of aromatic nitrogens is 3. The van der Waals surface area contributed by atoms with Gasteiger partial charge in [-0.15, -0.1) is 0 Å². The van der Waals surface area contributed by atoms with Crippen LogP contribution < -0.4 is 4.74 Å². The monoisotopic (exact) mass is 523 g/mol. The molecule has 0 bridgehead atoms. The molecular weight excluding hydrogens is 497 g/mol. The number of halogens is 2. The number of benzene rings is 1. The second-order valence-corrected chi connectivity index (χ2v) is 10.2. The third-order valence-electron chi connectivity index (χ3n) is 7.46. The molecule has 4 heterocycles. The Balaban J connectivity index is 1.37. The smallest absolute Gasteiger partial charge is 0.261 e. The lowest BCUT2D eigenvalue weighted by Crippen LogP contribution is -2.45. The summed E-state index contributed by atoms with van der Waals surface area (Å²) in [6.07, 6.45) is 4.23. The van der Waals surface area contributed by atoms with Gasteiger partial charge in [0.05, 0.1) is 17.9 Å². The van der Waals surface area contributed by atoms with Gasteiger partial charge in [0.1, 0.15) is 17.7 Å². The van der Waals surface area contributed by atoms with E-state index >= 15 is 4.39 Å². The molecular formula is C27H27ClFN5O3. The number of fused-ring (bicyclic) bond motifs is 3. The second kappa shape index (κ2) is 9.45. The molecule has 1 atom stereocenters. The highest BCUT2D eigenvalue weighted by Gasteiger charge is 2.40. The molecule has 1 aliphatic carbocycles. The van der Waals surface area contributed by atoms with Crippen LogP contribution in [0.15, 0.2) is 36.5 Å². The van der Waals surface area contributed by atoms with Gasteiger partial charge >= 0.3 is 0 Å². The number of hydrogen-bond donors (Lipinski definition) is 0. The van der Waals surface area contributed by atoms with Crippen molar-refractivity contribution in [1.82, 2.24) is 24.3 Å². The molecule has 10 heteroatoms. The van der Waals surface area contributed by atoms with Gasteiger partial charge in [0.2, 0.25) is 5.91 Å². The molecule has 8 nitrogen and oxygen atoms in total. The quantitative estimate of drug-likeness (QED) is 0.474. The topological polar surface area (TPSA) is 80.6 Å². The number of hydrogen-bond acceptors (Lipinski definition) is 5. The highest BCUT2D eigenvalue weighted by atomic mass is 35.5. The third-order valence-corrected chi connectivity index (χ3v) is 7.74. The summed E-state index contributed by atoms with van der Waals surface area (Å²) in [7, 11) is 0. The zero-order valence-electron chi connectivity index (χ0n) is 20.5. The number of amides is 2. The van der Waals surface area contributed by atoms with Crippen LogP contribution in [0.4, 0.5) is 4.39 Å². The van der Waals surface area contributed by atoms with Gasteiger partial charge in [-0.2, -0.15) is 0 Å². The van der Waals surface area contributed by atoms with E-state index in [1.807, 2.05) is 12.1 Å². The van der Waals surface area contributed by atoms with E-state index in [-0.39, 0.29) is 29.4 Å². The van der Waals surface area contributed by atoms with Gasteiger partial charge in [0, 0.05) is 44.7 Å². The van der Waals surface area contributed by atoms with Crippen molar-refractivity contribution in [1.29, 1.82) is 0 Å². The highest BCUT2D eigenvalue weighted by molar-refractivity contribution is 6.30. The summed E-state index contributed by atoms with van der Waals surface area (Å²) in [5.41, 5.74) is 3.10. The molecule has 2 aliphatic heterocycles. The van der Waals surface area contributed by atoms with E-state index in [1.165, 1.54) is 0 Å². The summed E-state index contributed by atoms with van der Waals surface area (Å²) < 4.78 is 23.4. The molecule has 0 spiro atoms. The van der Waals surface area contributed by atoms with Crippen molar-refractivity contribution in [2.24, 2.45) is 0 Å². The first kappa shape index (κ1) is 23.9. The van der Waals surface area contributed by atoms with Crippen LogP contribution in [0.25, 0.3) is 0 Å². The molecule has 2 amide bonds. The van der Waals surface area contributed by atoms with Crippen molar-refractivity contribution in [2.45, 2.75) is 51.2 Å². The standard InChI is InChI=1S/C27H27ClFN5O3/c1-16(35)32-11-12-33-23(14-32)31-21-8-10-34(24(36)15-37-22-3-2-9-30-27(22)28)25(26(21)33)19-7-6-18(13-20(19)29)17-4-5-17/h2-3,6-7,9,13,17,25H,4-5,8,10-12,14-15H2,1H3. The van der Waals surface area contributed by atoms with Gasteiger partial charge in [-0.05, 0) is 42.5 Å². The second-order valence-electron chi connectivity index (χ2n) is 9.83. The van der Waals surface area contributed by atoms with Gasteiger partial charge in [-0.25, -0.2) is 14.4 Å². The van der Waals surface area contributed by atoms with Crippen molar-refractivity contribution in [3.05, 3.63) is 75.8 Å². The van der Waals surface area contributed by atoms with Crippen LogP contribution in [0.1, 0.15) is 60.1 Å². The molecule has 192 valence electrons. The van der Waals surface area contributed by atoms with E-state index in [1.54, 1.807) is 41.1 Å². The van der Waals surface area contributed by atoms with Crippen molar-refractivity contribution >= 4 is 23.4 Å². The lowest BCUT2D eigenvalue weighted by atomic mass is 9.93. The molecule has 0 N–H and O–H groups in total. The Bertz CT molecular complexity index is 1390. The van der Waals surface area contributed by atoms with E-state index in [0.717, 1.165) is 35.6 Å². The normalized spacial score (nSPS) is 18.8. The van der Waals surface area contributed by atoms with Crippen molar-refractivity contribution in [2.75, 3.05) is 19.7 Å². The predicted octanol–water partition coefficient (Wildman–Crippen LogP) is 3.86. The Morgan fingerprint density at radius 3 is 2.76 bits per heavy atom. The van der Waals surface area contributed by atoms with Crippen LogP contribution >= 0.6 is 11.6 Å². The van der Waals surface area contributed by atoms with Crippen molar-refractivity contribution in [3.8, 4) is 5.75 Å². The minimum atomic E-state index is -0.650. The molecule has 0 saturated heterocycles. The van der Waals surface area contributed by atoms with Gasteiger partial charge in [0.25, 0.3) is 5.91 Å². The minimum absolute atomic E-state index is 0.00602. The first-order valence-corrected chi connectivity index (χ1v) is 12.9. The van der Waals surface area contributed by atoms with Crippen LogP contribution in [0, 0.1) is 5.82 Å². The Hall–Kier alpha value is -3.46. The van der Waals surface area contributed by atoms with E-state index in [0.29, 0.717) is 49.8 Å². The van der Waals surface area contributed by atoms with Crippen LogP contribution in [-0.2, 0) is 29.1 Å². The van der Waals surface area contributed by atoms with Crippen LogP contribution in [-0.4, -0.2) is 55.8 Å². The minimum Gasteiger partial charge on any atom is -0.481 e. The van der Waals surface area contributed by atoms with Crippen molar-refractivity contribution < 1.29 is 18.7 Å². The van der Waals surface area contributed by atoms with Crippen LogP contribution in [0.5, 0.6) is 5.75 Å². The molecule has 6 rings (SSSR count). The highest BCUT2D eigenvalue weighted by Crippen LogP contribution is 2.43. The largest absolute Gasteiger partial charge is 0.481 e. The molecule has 2 aromatic heterocycles. The maximum atomic E-state index is 15.7. The van der Waals surface area contributed by atoms with Crippen LogP contribution in [0.2, 0.25) is 5.15 Å². The lowest BCUT2D eigenvalue weighted by molar-refractivity contribution is -0.135. The first-order valence-electron chi connectivity index (χ1n) is 12.6. The van der Waals surface area contributed by atoms with E-state index in [9.17, 15) is 9.59 Å². The summed E-state index contributed by atoms with van der Waals surface area (Å²) in [4.78, 5) is 37.8. The maximum Gasteiger partial charge on any atom is 0.261 e. The zero-order chi connectivity index (χ0) is 25.7. The molecule has 37 heavy (non-hydrogen) atoms. The van der Waals surface area contributed by atoms with Gasteiger partial charge < -0.3 is 19.1 Å². The predicted molar refractivity (Wildman–Crippen MR) is 134 cm³/mol. The Labute approximate surface area is 219 Å². The average molecular weight is 524 g/mol. The van der Waals surface area contributed by atoms with E-state index < -0.39 is 6.04 Å². The first-order chi connectivity index (χ1) is 17.9. The van der Waals surface area contributed by atoms with Gasteiger partial charge in [-0.1, -0.05) is 23.7 Å². The number of rotatable bonds is 5. The van der Waals surface area contributed by atoms with Crippen LogP contribution in [0.3, 0.4) is 0 Å². The number of ether oxygens (including phenoxy) is 1. The Morgan fingerprint density at radius 2 is 2.03 bits per heavy atom. The SMILES string of the molecule is CC(=O)N1CCn2c(nc3c2C(c2ccc(C4CC4)cc2F)N(C(=O)COc2cccnc2Cl)CC3)C1. The average Bonchev–Trinajstić information content (AvgIpc) is 3.67. The van der Waals surface area contributed by atoms with Gasteiger partial charge in [0.15, 0.2) is 17.5 Å². The fourth-order valence-corrected chi connectivity index (χ4v) is 5.57. The summed E-state index contributed by atoms with van der Waals surface area (Å²) in [6, 6.07) is 8.08. The van der Waals surface area contributed by atoms with Gasteiger partial charge in [-0.3, -0.25) is 9.59 Å². The molecule has 3 aliphatic rings. The molecule has 1 fully saturated rings. The van der Waals surface area contributed by atoms with E-state index in [4.69, 9.17) is 21.3 Å². The van der Waals surface area contributed by atoms with E-state index in [2.05, 4.69) is 9.55 Å². The Kier molecular flexibility index (Phi) is 6.10. The fourth-order valence-electron chi connectivity index (χ4n) is 5.39. The number of carbonyl (C=O) groups is 2. The summed E-state index contributed by atoms with van der Waals surface area (Å²) >= 11 is 6.10. The maximum absolute atomic E-state index is 15.7. The summed E-state index contributed by atoms with van der Waals surface area (Å²) in [5.74, 6) is 0.887. The zero-order valence-corrected chi connectivity index (χ0v) is 21.2. The van der Waals surface area contributed by atoms with Crippen molar-refractivity contribution in [3.63, 3.8) is 0 Å². The molecule has 3 aromatic rings. The number of pyridine rings is 1. The fraction of sp³-hybridized carbons (Fsp3) is 0.407. The molecule has 1 aromatic carbocycles. The lowest BCUT2D eigenvalue weighted by Gasteiger charge is -2.38. The summed E-state index contributed by atoms with van der Waals surface area (Å²) in [5, 5.41) is 0.175. The third kappa shape index (κ3) is 4.45. The summed E-state index contributed by atoms with van der Waals surface area (Å²) in [6.45, 7) is 3.15. The molecule has 0 radical (unpaired) electrons. The number of nitrogens with zero attached hydrogens (tertiary/aromatic N) is 5. The molecule has 1 saturated carbocycles. The number of imidazole rings is 1. The Morgan fingerprint density at radius 1 is 1.19 bits per heavy atom.